The molecular weight excluding hydrogens is 244 g/mol. The summed E-state index contributed by atoms with van der Waals surface area (Å²) in [5.41, 5.74) is 0. The number of benzene rings is 1. The molecular formula is C11H16O3S2. The third-order valence-corrected chi connectivity index (χ3v) is 3.29. The van der Waals surface area contributed by atoms with E-state index in [0.717, 1.165) is 10.6 Å². The van der Waals surface area contributed by atoms with Crippen LogP contribution in [0.2, 0.25) is 0 Å². The van der Waals surface area contributed by atoms with E-state index in [9.17, 15) is 4.79 Å². The normalized spacial score (nSPS) is 11.4. The summed E-state index contributed by atoms with van der Waals surface area (Å²) in [7, 11) is 1.61. The quantitative estimate of drug-likeness (QED) is 0.827. The zero-order valence-electron chi connectivity index (χ0n) is 9.27. The molecule has 0 heterocycles. The fourth-order valence-corrected chi connectivity index (χ4v) is 2.06. The van der Waals surface area contributed by atoms with Crippen molar-refractivity contribution in [1.29, 1.82) is 0 Å². The van der Waals surface area contributed by atoms with Crippen LogP contribution in [0.15, 0.2) is 29.2 Å². The Labute approximate surface area is 107 Å². The number of thioether (sulfide) groups is 1. The molecule has 0 saturated heterocycles. The molecule has 3 nitrogen and oxygen atoms in total. The van der Waals surface area contributed by atoms with E-state index in [0.29, 0.717) is 5.75 Å². The molecule has 1 aromatic rings. The van der Waals surface area contributed by atoms with Crippen molar-refractivity contribution in [3.05, 3.63) is 24.3 Å². The molecule has 90 valence electrons. The highest BCUT2D eigenvalue weighted by Crippen LogP contribution is 2.29. The van der Waals surface area contributed by atoms with Crippen LogP contribution in [0, 0.1) is 5.92 Å². The lowest BCUT2D eigenvalue weighted by Crippen LogP contribution is -2.11. The first kappa shape index (κ1) is 15.2. The Balaban J connectivity index is 0.00000225. The van der Waals surface area contributed by atoms with Crippen molar-refractivity contribution in [2.75, 3.05) is 12.9 Å². The first-order valence-corrected chi connectivity index (χ1v) is 5.62. The topological polar surface area (TPSA) is 46.5 Å². The molecule has 0 spiro atoms. The van der Waals surface area contributed by atoms with E-state index in [4.69, 9.17) is 9.84 Å². The highest BCUT2D eigenvalue weighted by Gasteiger charge is 2.12. The maximum Gasteiger partial charge on any atom is 0.307 e. The summed E-state index contributed by atoms with van der Waals surface area (Å²) in [5, 5.41) is 8.74. The van der Waals surface area contributed by atoms with Gasteiger partial charge in [-0.25, -0.2) is 0 Å². The molecule has 16 heavy (non-hydrogen) atoms. The fourth-order valence-electron chi connectivity index (χ4n) is 1.02. The average molecular weight is 260 g/mol. The van der Waals surface area contributed by atoms with Gasteiger partial charge in [-0.2, -0.15) is 13.5 Å². The van der Waals surface area contributed by atoms with Gasteiger partial charge in [0.25, 0.3) is 0 Å². The average Bonchev–Trinajstić information content (AvgIpc) is 2.26. The molecule has 0 fully saturated rings. The number of carbonyl (C=O) groups is 1. The van der Waals surface area contributed by atoms with Gasteiger partial charge in [0.1, 0.15) is 5.75 Å². The highest BCUT2D eigenvalue weighted by molar-refractivity contribution is 7.99. The van der Waals surface area contributed by atoms with E-state index in [2.05, 4.69) is 0 Å². The number of rotatable bonds is 5. The maximum atomic E-state index is 10.6. The maximum absolute atomic E-state index is 10.6. The minimum atomic E-state index is -0.766. The molecule has 1 aromatic carbocycles. The minimum Gasteiger partial charge on any atom is -0.496 e. The van der Waals surface area contributed by atoms with E-state index in [1.165, 1.54) is 11.8 Å². The summed E-state index contributed by atoms with van der Waals surface area (Å²) in [6, 6.07) is 7.60. The summed E-state index contributed by atoms with van der Waals surface area (Å²) in [4.78, 5) is 11.6. The molecule has 1 rings (SSSR count). The van der Waals surface area contributed by atoms with E-state index >= 15 is 0 Å². The van der Waals surface area contributed by atoms with Gasteiger partial charge >= 0.3 is 5.97 Å². The highest BCUT2D eigenvalue weighted by atomic mass is 32.2. The molecule has 0 bridgehead atoms. The monoisotopic (exact) mass is 260 g/mol. The second kappa shape index (κ2) is 7.46. The standard InChI is InChI=1S/C11H14O3S.H2S/c1-8(11(12)13)7-15-10-6-4-3-5-9(10)14-2;/h3-6,8H,7H2,1-2H3,(H,12,13);1H2/t8-;/m1./s1. The number of carboxylic acids is 1. The lowest BCUT2D eigenvalue weighted by molar-refractivity contribution is -0.140. The van der Waals surface area contributed by atoms with Crippen molar-refractivity contribution in [2.24, 2.45) is 5.92 Å². The predicted octanol–water partition coefficient (Wildman–Crippen LogP) is 2.62. The lowest BCUT2D eigenvalue weighted by atomic mass is 10.2. The Kier molecular flexibility index (Phi) is 7.08. The van der Waals surface area contributed by atoms with Crippen LogP contribution < -0.4 is 4.74 Å². The van der Waals surface area contributed by atoms with Gasteiger partial charge in [0.05, 0.1) is 13.0 Å². The van der Waals surface area contributed by atoms with Crippen molar-refractivity contribution in [3.63, 3.8) is 0 Å². The second-order valence-corrected chi connectivity index (χ2v) is 4.26. The number of carboxylic acid groups (broad SMARTS) is 1. The van der Waals surface area contributed by atoms with Gasteiger partial charge in [0, 0.05) is 10.6 Å². The summed E-state index contributed by atoms with van der Waals surface area (Å²) in [5.74, 6) is 0.229. The lowest BCUT2D eigenvalue weighted by Gasteiger charge is -2.09. The van der Waals surface area contributed by atoms with Crippen LogP contribution in [-0.2, 0) is 4.79 Å². The molecule has 1 N–H and O–H groups in total. The summed E-state index contributed by atoms with van der Waals surface area (Å²) >= 11 is 1.50. The van der Waals surface area contributed by atoms with E-state index in [1.54, 1.807) is 14.0 Å². The van der Waals surface area contributed by atoms with E-state index < -0.39 is 5.97 Å². The Bertz CT molecular complexity index is 342. The summed E-state index contributed by atoms with van der Waals surface area (Å²) in [6.45, 7) is 1.70. The number of ether oxygens (including phenoxy) is 1. The smallest absolute Gasteiger partial charge is 0.307 e. The molecule has 0 saturated carbocycles. The van der Waals surface area contributed by atoms with Crippen LogP contribution in [0.3, 0.4) is 0 Å². The first-order valence-electron chi connectivity index (χ1n) is 4.63. The van der Waals surface area contributed by atoms with Crippen LogP contribution in [0.25, 0.3) is 0 Å². The number of methoxy groups -OCH3 is 1. The number of hydrogen-bond donors (Lipinski definition) is 1. The number of hydrogen-bond acceptors (Lipinski definition) is 3. The largest absolute Gasteiger partial charge is 0.496 e. The van der Waals surface area contributed by atoms with Gasteiger partial charge in [0.15, 0.2) is 0 Å². The van der Waals surface area contributed by atoms with E-state index in [1.807, 2.05) is 24.3 Å². The molecule has 0 aromatic heterocycles. The molecule has 5 heteroatoms. The molecule has 0 aliphatic heterocycles. The van der Waals surface area contributed by atoms with Crippen molar-refractivity contribution < 1.29 is 14.6 Å². The second-order valence-electron chi connectivity index (χ2n) is 3.20. The zero-order chi connectivity index (χ0) is 11.3. The zero-order valence-corrected chi connectivity index (χ0v) is 11.1. The third kappa shape index (κ3) is 4.37. The predicted molar refractivity (Wildman–Crippen MR) is 70.9 cm³/mol. The van der Waals surface area contributed by atoms with Gasteiger partial charge in [-0.1, -0.05) is 19.1 Å². The molecule has 1 atom stereocenters. The van der Waals surface area contributed by atoms with Crippen molar-refractivity contribution >= 4 is 31.2 Å². The minimum absolute atomic E-state index is 0. The van der Waals surface area contributed by atoms with Crippen molar-refractivity contribution in [2.45, 2.75) is 11.8 Å². The Morgan fingerprint density at radius 1 is 1.50 bits per heavy atom. The Morgan fingerprint density at radius 2 is 2.12 bits per heavy atom. The van der Waals surface area contributed by atoms with Crippen LogP contribution in [0.1, 0.15) is 6.92 Å². The third-order valence-electron chi connectivity index (χ3n) is 1.98. The van der Waals surface area contributed by atoms with Crippen LogP contribution in [-0.4, -0.2) is 23.9 Å². The van der Waals surface area contributed by atoms with Crippen LogP contribution >= 0.6 is 25.3 Å². The van der Waals surface area contributed by atoms with Crippen molar-refractivity contribution in [1.82, 2.24) is 0 Å². The van der Waals surface area contributed by atoms with Gasteiger partial charge in [-0.3, -0.25) is 4.79 Å². The van der Waals surface area contributed by atoms with Crippen LogP contribution in [0.5, 0.6) is 5.75 Å². The summed E-state index contributed by atoms with van der Waals surface area (Å²) in [6.07, 6.45) is 0. The number of aliphatic carboxylic acids is 1. The van der Waals surface area contributed by atoms with Gasteiger partial charge in [0.2, 0.25) is 0 Å². The van der Waals surface area contributed by atoms with E-state index in [-0.39, 0.29) is 19.4 Å². The molecule has 0 unspecified atom stereocenters. The molecule has 0 radical (unpaired) electrons. The molecule has 0 aliphatic carbocycles. The van der Waals surface area contributed by atoms with Crippen molar-refractivity contribution in [3.8, 4) is 5.75 Å². The van der Waals surface area contributed by atoms with Gasteiger partial charge < -0.3 is 9.84 Å². The fraction of sp³-hybridized carbons (Fsp3) is 0.364. The molecule has 0 aliphatic rings. The SMILES string of the molecule is COc1ccccc1SC[C@@H](C)C(=O)O.S. The number of para-hydroxylation sites is 1. The van der Waals surface area contributed by atoms with Gasteiger partial charge in [-0.05, 0) is 12.1 Å². The Hall–Kier alpha value is -0.810. The first-order chi connectivity index (χ1) is 7.15. The Morgan fingerprint density at radius 3 is 2.69 bits per heavy atom. The summed E-state index contributed by atoms with van der Waals surface area (Å²) < 4.78 is 5.17. The molecule has 0 amide bonds. The van der Waals surface area contributed by atoms with Crippen LogP contribution in [0.4, 0.5) is 0 Å². The van der Waals surface area contributed by atoms with Gasteiger partial charge in [-0.15, -0.1) is 11.8 Å².